The molecule has 1 aliphatic heterocycles. The van der Waals surface area contributed by atoms with Gasteiger partial charge in [-0.2, -0.15) is 0 Å². The smallest absolute Gasteiger partial charge is 0.243 e. The predicted octanol–water partition coefficient (Wildman–Crippen LogP) is 2.68. The fourth-order valence-corrected chi connectivity index (χ4v) is 3.23. The second-order valence-corrected chi connectivity index (χ2v) is 6.00. The van der Waals surface area contributed by atoms with Crippen LogP contribution >= 0.6 is 0 Å². The van der Waals surface area contributed by atoms with Crippen molar-refractivity contribution < 1.29 is 14.3 Å². The van der Waals surface area contributed by atoms with E-state index in [2.05, 4.69) is 5.32 Å². The van der Waals surface area contributed by atoms with Crippen LogP contribution in [0, 0.1) is 0 Å². The van der Waals surface area contributed by atoms with Crippen LogP contribution in [0.4, 0.5) is 5.69 Å². The van der Waals surface area contributed by atoms with E-state index in [0.717, 1.165) is 22.6 Å². The summed E-state index contributed by atoms with van der Waals surface area (Å²) < 4.78 is 5.59. The number of nitrogens with one attached hydrogen (secondary N) is 1. The van der Waals surface area contributed by atoms with E-state index in [1.165, 1.54) is 6.92 Å². The molecule has 0 aromatic heterocycles. The number of amides is 2. The van der Waals surface area contributed by atoms with Gasteiger partial charge >= 0.3 is 0 Å². The number of fused-ring (bicyclic) bond motifs is 1. The van der Waals surface area contributed by atoms with Crippen LogP contribution in [0.1, 0.15) is 25.0 Å². The molecule has 0 radical (unpaired) electrons. The molecule has 25 heavy (non-hydrogen) atoms. The second-order valence-electron chi connectivity index (χ2n) is 6.00. The fraction of sp³-hybridized carbons (Fsp3) is 0.300. The van der Waals surface area contributed by atoms with Crippen molar-refractivity contribution in [3.63, 3.8) is 0 Å². The van der Waals surface area contributed by atoms with Gasteiger partial charge in [-0.1, -0.05) is 36.4 Å². The average molecular weight is 338 g/mol. The molecule has 0 saturated heterocycles. The minimum absolute atomic E-state index is 0.125. The quantitative estimate of drug-likeness (QED) is 0.912. The summed E-state index contributed by atoms with van der Waals surface area (Å²) in [6.45, 7) is 4.36. The van der Waals surface area contributed by atoms with E-state index in [0.29, 0.717) is 19.6 Å². The minimum atomic E-state index is -0.505. The highest BCUT2D eigenvalue weighted by atomic mass is 16.5. The van der Waals surface area contributed by atoms with E-state index in [-0.39, 0.29) is 11.8 Å². The standard InChI is InChI=1S/C20H22N2O3/c1-3-25-19-11-7-5-9-16(19)13-21-20(24)18-12-15-8-4-6-10-17(15)22(18)14(2)23/h4-11,18H,3,12-13H2,1-2H3,(H,21,24)/t18-/m0/s1. The maximum atomic E-state index is 12.7. The van der Waals surface area contributed by atoms with E-state index in [4.69, 9.17) is 4.74 Å². The van der Waals surface area contributed by atoms with Crippen LogP contribution in [0.2, 0.25) is 0 Å². The van der Waals surface area contributed by atoms with Crippen LogP contribution in [-0.2, 0) is 22.6 Å². The summed E-state index contributed by atoms with van der Waals surface area (Å²) in [6.07, 6.45) is 0.536. The van der Waals surface area contributed by atoms with E-state index < -0.39 is 6.04 Å². The van der Waals surface area contributed by atoms with Crippen molar-refractivity contribution in [1.82, 2.24) is 5.32 Å². The van der Waals surface area contributed by atoms with Crippen LogP contribution in [0.15, 0.2) is 48.5 Å². The summed E-state index contributed by atoms with van der Waals surface area (Å²) in [7, 11) is 0. The Hall–Kier alpha value is -2.82. The molecule has 0 unspecified atom stereocenters. The molecule has 1 aliphatic rings. The van der Waals surface area contributed by atoms with Gasteiger partial charge in [0.2, 0.25) is 11.8 Å². The number of nitrogens with zero attached hydrogens (tertiary/aromatic N) is 1. The number of carbonyl (C=O) groups is 2. The zero-order valence-corrected chi connectivity index (χ0v) is 14.5. The maximum Gasteiger partial charge on any atom is 0.243 e. The molecule has 0 bridgehead atoms. The first-order valence-electron chi connectivity index (χ1n) is 8.48. The molecular weight excluding hydrogens is 316 g/mol. The molecule has 1 N–H and O–H groups in total. The normalized spacial score (nSPS) is 15.6. The van der Waals surface area contributed by atoms with Crippen LogP contribution in [0.25, 0.3) is 0 Å². The topological polar surface area (TPSA) is 58.6 Å². The molecule has 1 atom stereocenters. The lowest BCUT2D eigenvalue weighted by atomic mass is 10.1. The number of benzene rings is 2. The Balaban J connectivity index is 1.73. The maximum absolute atomic E-state index is 12.7. The predicted molar refractivity (Wildman–Crippen MR) is 96.6 cm³/mol. The van der Waals surface area contributed by atoms with Gasteiger partial charge < -0.3 is 10.1 Å². The van der Waals surface area contributed by atoms with Gasteiger partial charge in [-0.3, -0.25) is 14.5 Å². The molecule has 5 nitrogen and oxygen atoms in total. The lowest BCUT2D eigenvalue weighted by Gasteiger charge is -2.23. The van der Waals surface area contributed by atoms with Gasteiger partial charge in [-0.05, 0) is 24.6 Å². The van der Waals surface area contributed by atoms with E-state index in [9.17, 15) is 9.59 Å². The first-order valence-corrected chi connectivity index (χ1v) is 8.48. The Bertz CT molecular complexity index is 788. The van der Waals surface area contributed by atoms with Crippen LogP contribution < -0.4 is 15.0 Å². The van der Waals surface area contributed by atoms with E-state index >= 15 is 0 Å². The molecule has 2 amide bonds. The lowest BCUT2D eigenvalue weighted by molar-refractivity contribution is -0.125. The SMILES string of the molecule is CCOc1ccccc1CNC(=O)[C@@H]1Cc2ccccc2N1C(C)=O. The van der Waals surface area contributed by atoms with Gasteiger partial charge in [-0.25, -0.2) is 0 Å². The summed E-state index contributed by atoms with van der Waals surface area (Å²) in [5, 5.41) is 2.95. The van der Waals surface area contributed by atoms with Gasteiger partial charge in [0.1, 0.15) is 11.8 Å². The number of ether oxygens (including phenoxy) is 1. The van der Waals surface area contributed by atoms with Gasteiger partial charge in [0.05, 0.1) is 6.61 Å². The van der Waals surface area contributed by atoms with Crippen molar-refractivity contribution in [1.29, 1.82) is 0 Å². The number of hydrogen-bond donors (Lipinski definition) is 1. The molecule has 3 rings (SSSR count). The first-order chi connectivity index (χ1) is 12.1. The number of carbonyl (C=O) groups excluding carboxylic acids is 2. The van der Waals surface area contributed by atoms with Crippen molar-refractivity contribution in [2.45, 2.75) is 32.9 Å². The summed E-state index contributed by atoms with van der Waals surface area (Å²) in [6, 6.07) is 14.8. The Kier molecular flexibility index (Phi) is 5.03. The van der Waals surface area contributed by atoms with Gasteiger partial charge in [0, 0.05) is 31.1 Å². The average Bonchev–Trinajstić information content (AvgIpc) is 3.01. The largest absolute Gasteiger partial charge is 0.494 e. The lowest BCUT2D eigenvalue weighted by Crippen LogP contribution is -2.47. The summed E-state index contributed by atoms with van der Waals surface area (Å²) in [5.74, 6) is 0.487. The molecule has 0 fully saturated rings. The first kappa shape index (κ1) is 17.0. The highest BCUT2D eigenvalue weighted by Gasteiger charge is 2.36. The van der Waals surface area contributed by atoms with Crippen molar-refractivity contribution in [3.8, 4) is 5.75 Å². The van der Waals surface area contributed by atoms with Crippen LogP contribution in [-0.4, -0.2) is 24.5 Å². The number of rotatable bonds is 5. The summed E-state index contributed by atoms with van der Waals surface area (Å²) in [4.78, 5) is 26.4. The zero-order chi connectivity index (χ0) is 17.8. The van der Waals surface area contributed by atoms with Crippen LogP contribution in [0.5, 0.6) is 5.75 Å². The Morgan fingerprint density at radius 3 is 2.64 bits per heavy atom. The third kappa shape index (κ3) is 3.50. The molecule has 5 heteroatoms. The molecule has 1 heterocycles. The Labute approximate surface area is 147 Å². The van der Waals surface area contributed by atoms with Crippen molar-refractivity contribution >= 4 is 17.5 Å². The van der Waals surface area contributed by atoms with Crippen molar-refractivity contribution in [2.75, 3.05) is 11.5 Å². The highest BCUT2D eigenvalue weighted by Crippen LogP contribution is 2.32. The molecule has 0 aliphatic carbocycles. The minimum Gasteiger partial charge on any atom is -0.494 e. The van der Waals surface area contributed by atoms with E-state index in [1.807, 2.05) is 55.5 Å². The number of anilines is 1. The van der Waals surface area contributed by atoms with Gasteiger partial charge in [-0.15, -0.1) is 0 Å². The van der Waals surface area contributed by atoms with Gasteiger partial charge in [0.15, 0.2) is 0 Å². The third-order valence-corrected chi connectivity index (χ3v) is 4.34. The zero-order valence-electron chi connectivity index (χ0n) is 14.5. The molecule has 0 saturated carbocycles. The summed E-state index contributed by atoms with van der Waals surface area (Å²) in [5.41, 5.74) is 2.76. The molecular formula is C20H22N2O3. The van der Waals surface area contributed by atoms with E-state index in [1.54, 1.807) is 4.90 Å². The van der Waals surface area contributed by atoms with Gasteiger partial charge in [0.25, 0.3) is 0 Å². The van der Waals surface area contributed by atoms with Crippen molar-refractivity contribution in [2.24, 2.45) is 0 Å². The fourth-order valence-electron chi connectivity index (χ4n) is 3.23. The molecule has 2 aromatic rings. The highest BCUT2D eigenvalue weighted by molar-refractivity contribution is 6.02. The van der Waals surface area contributed by atoms with Crippen molar-refractivity contribution in [3.05, 3.63) is 59.7 Å². The second kappa shape index (κ2) is 7.38. The number of hydrogen-bond acceptors (Lipinski definition) is 3. The molecule has 130 valence electrons. The monoisotopic (exact) mass is 338 g/mol. The number of para-hydroxylation sites is 2. The molecule has 0 spiro atoms. The third-order valence-electron chi connectivity index (χ3n) is 4.34. The Morgan fingerprint density at radius 2 is 1.88 bits per heavy atom. The summed E-state index contributed by atoms with van der Waals surface area (Å²) >= 11 is 0. The molecule has 2 aromatic carbocycles. The Morgan fingerprint density at radius 1 is 1.16 bits per heavy atom. The van der Waals surface area contributed by atoms with Crippen LogP contribution in [0.3, 0.4) is 0 Å².